The zero-order valence-electron chi connectivity index (χ0n) is 13.0. The zero-order valence-corrected chi connectivity index (χ0v) is 13.0. The summed E-state index contributed by atoms with van der Waals surface area (Å²) in [6.45, 7) is 11.4. The van der Waals surface area contributed by atoms with Crippen molar-refractivity contribution in [2.24, 2.45) is 0 Å². The molecular formula is C17H23N3. The maximum Gasteiger partial charge on any atom is 0.125 e. The molecule has 1 N–H and O–H groups in total. The van der Waals surface area contributed by atoms with Crippen LogP contribution in [0.25, 0.3) is 0 Å². The number of aryl methyl sites for hydroxylation is 4. The topological polar surface area (TPSA) is 37.8 Å². The van der Waals surface area contributed by atoms with Crippen LogP contribution in [0.15, 0.2) is 24.4 Å². The lowest BCUT2D eigenvalue weighted by Crippen LogP contribution is -2.20. The molecule has 0 fully saturated rings. The fourth-order valence-electron chi connectivity index (χ4n) is 2.84. The van der Waals surface area contributed by atoms with Gasteiger partial charge in [-0.15, -0.1) is 0 Å². The smallest absolute Gasteiger partial charge is 0.125 e. The zero-order chi connectivity index (χ0) is 14.7. The Morgan fingerprint density at radius 3 is 2.35 bits per heavy atom. The van der Waals surface area contributed by atoms with Crippen LogP contribution < -0.4 is 5.32 Å². The summed E-state index contributed by atoms with van der Waals surface area (Å²) in [5, 5.41) is 3.55. The molecule has 20 heavy (non-hydrogen) atoms. The second kappa shape index (κ2) is 6.14. The minimum absolute atomic E-state index is 0.311. The minimum Gasteiger partial charge on any atom is -0.305 e. The van der Waals surface area contributed by atoms with Crippen molar-refractivity contribution in [1.82, 2.24) is 15.3 Å². The Morgan fingerprint density at radius 1 is 1.10 bits per heavy atom. The Hall–Kier alpha value is -1.74. The number of benzene rings is 1. The highest BCUT2D eigenvalue weighted by Crippen LogP contribution is 2.23. The summed E-state index contributed by atoms with van der Waals surface area (Å²) >= 11 is 0. The van der Waals surface area contributed by atoms with Gasteiger partial charge in [-0.2, -0.15) is 0 Å². The molecule has 0 saturated carbocycles. The normalized spacial score (nSPS) is 12.4. The Balaban J connectivity index is 2.11. The summed E-state index contributed by atoms with van der Waals surface area (Å²) < 4.78 is 0. The van der Waals surface area contributed by atoms with E-state index in [0.717, 1.165) is 18.1 Å². The van der Waals surface area contributed by atoms with Crippen LogP contribution in [0.2, 0.25) is 0 Å². The van der Waals surface area contributed by atoms with Gasteiger partial charge in [0.05, 0.1) is 5.69 Å². The van der Waals surface area contributed by atoms with Crippen molar-refractivity contribution in [1.29, 1.82) is 0 Å². The van der Waals surface area contributed by atoms with E-state index < -0.39 is 0 Å². The van der Waals surface area contributed by atoms with E-state index in [1.54, 1.807) is 0 Å². The van der Waals surface area contributed by atoms with Crippen molar-refractivity contribution in [3.8, 4) is 0 Å². The van der Waals surface area contributed by atoms with Crippen LogP contribution in [0, 0.1) is 27.7 Å². The van der Waals surface area contributed by atoms with Gasteiger partial charge in [0.1, 0.15) is 5.82 Å². The number of rotatable bonds is 4. The molecule has 1 aromatic heterocycles. The Kier molecular flexibility index (Phi) is 4.50. The van der Waals surface area contributed by atoms with E-state index in [1.165, 1.54) is 22.3 Å². The van der Waals surface area contributed by atoms with Crippen molar-refractivity contribution < 1.29 is 0 Å². The van der Waals surface area contributed by atoms with Crippen LogP contribution >= 0.6 is 0 Å². The summed E-state index contributed by atoms with van der Waals surface area (Å²) in [4.78, 5) is 8.55. The first-order valence-electron chi connectivity index (χ1n) is 7.07. The van der Waals surface area contributed by atoms with Crippen LogP contribution in [0.3, 0.4) is 0 Å². The van der Waals surface area contributed by atoms with E-state index in [1.807, 2.05) is 19.2 Å². The number of nitrogens with zero attached hydrogens (tertiary/aromatic N) is 2. The highest BCUT2D eigenvalue weighted by atomic mass is 14.9. The Morgan fingerprint density at radius 2 is 1.75 bits per heavy atom. The lowest BCUT2D eigenvalue weighted by Gasteiger charge is -2.19. The Labute approximate surface area is 121 Å². The molecule has 1 aromatic carbocycles. The third-order valence-electron chi connectivity index (χ3n) is 3.59. The molecule has 0 aliphatic heterocycles. The van der Waals surface area contributed by atoms with Gasteiger partial charge in [0, 0.05) is 18.8 Å². The lowest BCUT2D eigenvalue weighted by atomic mass is 9.95. The molecule has 3 heteroatoms. The highest BCUT2D eigenvalue weighted by molar-refractivity contribution is 5.39. The lowest BCUT2D eigenvalue weighted by molar-refractivity contribution is 0.561. The van der Waals surface area contributed by atoms with E-state index in [0.29, 0.717) is 6.04 Å². The van der Waals surface area contributed by atoms with Gasteiger partial charge in [0.15, 0.2) is 0 Å². The van der Waals surface area contributed by atoms with Gasteiger partial charge in [-0.25, -0.2) is 9.97 Å². The van der Waals surface area contributed by atoms with Crippen molar-refractivity contribution >= 4 is 0 Å². The fourth-order valence-corrected chi connectivity index (χ4v) is 2.84. The molecular weight excluding hydrogens is 246 g/mol. The van der Waals surface area contributed by atoms with E-state index >= 15 is 0 Å². The predicted octanol–water partition coefficient (Wildman–Crippen LogP) is 3.56. The molecule has 0 bridgehead atoms. The largest absolute Gasteiger partial charge is 0.305 e. The summed E-state index contributed by atoms with van der Waals surface area (Å²) in [6, 6.07) is 6.76. The van der Waals surface area contributed by atoms with Gasteiger partial charge < -0.3 is 5.32 Å². The first-order valence-corrected chi connectivity index (χ1v) is 7.07. The molecule has 0 saturated heterocycles. The monoisotopic (exact) mass is 269 g/mol. The van der Waals surface area contributed by atoms with Crippen LogP contribution in [-0.4, -0.2) is 9.97 Å². The minimum atomic E-state index is 0.311. The fraction of sp³-hybridized carbons (Fsp3) is 0.412. The average molecular weight is 269 g/mol. The molecule has 0 spiro atoms. The SMILES string of the molecule is Cc1cc(C)c(C(C)NCc2ccnc(C)n2)c(C)c1. The molecule has 0 amide bonds. The first kappa shape index (κ1) is 14.7. The van der Waals surface area contributed by atoms with Crippen LogP contribution in [-0.2, 0) is 6.54 Å². The van der Waals surface area contributed by atoms with Crippen molar-refractivity contribution in [2.45, 2.75) is 47.2 Å². The molecule has 0 aliphatic rings. The molecule has 106 valence electrons. The van der Waals surface area contributed by atoms with Crippen LogP contribution in [0.1, 0.15) is 46.7 Å². The van der Waals surface area contributed by atoms with Gasteiger partial charge in [0.2, 0.25) is 0 Å². The number of aromatic nitrogens is 2. The molecule has 3 nitrogen and oxygen atoms in total. The third kappa shape index (κ3) is 3.42. The summed E-state index contributed by atoms with van der Waals surface area (Å²) in [5.41, 5.74) is 6.44. The molecule has 1 atom stereocenters. The summed E-state index contributed by atoms with van der Waals surface area (Å²) in [7, 11) is 0. The van der Waals surface area contributed by atoms with Crippen molar-refractivity contribution in [2.75, 3.05) is 0 Å². The van der Waals surface area contributed by atoms with Crippen molar-refractivity contribution in [3.63, 3.8) is 0 Å². The van der Waals surface area contributed by atoms with Gasteiger partial charge in [-0.05, 0) is 57.4 Å². The Bertz CT molecular complexity index is 582. The van der Waals surface area contributed by atoms with Crippen LogP contribution in [0.5, 0.6) is 0 Å². The molecule has 1 heterocycles. The summed E-state index contributed by atoms with van der Waals surface area (Å²) in [6.07, 6.45) is 1.81. The molecule has 1 unspecified atom stereocenters. The number of hydrogen-bond acceptors (Lipinski definition) is 3. The van der Waals surface area contributed by atoms with Gasteiger partial charge in [0.25, 0.3) is 0 Å². The molecule has 2 rings (SSSR count). The van der Waals surface area contributed by atoms with E-state index in [2.05, 4.69) is 55.1 Å². The second-order valence-corrected chi connectivity index (χ2v) is 5.51. The van der Waals surface area contributed by atoms with Gasteiger partial charge in [-0.1, -0.05) is 17.7 Å². The van der Waals surface area contributed by atoms with E-state index in [4.69, 9.17) is 0 Å². The average Bonchev–Trinajstić information content (AvgIpc) is 2.35. The molecule has 2 aromatic rings. The maximum absolute atomic E-state index is 4.42. The molecule has 0 aliphatic carbocycles. The quantitative estimate of drug-likeness (QED) is 0.922. The predicted molar refractivity (Wildman–Crippen MR) is 82.7 cm³/mol. The van der Waals surface area contributed by atoms with Gasteiger partial charge in [-0.3, -0.25) is 0 Å². The molecule has 0 radical (unpaired) electrons. The highest BCUT2D eigenvalue weighted by Gasteiger charge is 2.11. The van der Waals surface area contributed by atoms with Gasteiger partial charge >= 0.3 is 0 Å². The standard InChI is InChI=1S/C17H23N3/c1-11-8-12(2)17(13(3)9-11)14(4)19-10-16-6-7-18-15(5)20-16/h6-9,14,19H,10H2,1-5H3. The third-order valence-corrected chi connectivity index (χ3v) is 3.59. The van der Waals surface area contributed by atoms with Crippen molar-refractivity contribution in [3.05, 3.63) is 58.2 Å². The summed E-state index contributed by atoms with van der Waals surface area (Å²) in [5.74, 6) is 0.819. The number of hydrogen-bond donors (Lipinski definition) is 1. The number of nitrogens with one attached hydrogen (secondary N) is 1. The van der Waals surface area contributed by atoms with Crippen LogP contribution in [0.4, 0.5) is 0 Å². The second-order valence-electron chi connectivity index (χ2n) is 5.51. The maximum atomic E-state index is 4.42. The van der Waals surface area contributed by atoms with E-state index in [-0.39, 0.29) is 0 Å². The first-order chi connectivity index (χ1) is 9.47. The van der Waals surface area contributed by atoms with E-state index in [9.17, 15) is 0 Å².